The van der Waals surface area contributed by atoms with Crippen molar-refractivity contribution < 1.29 is 5.11 Å². The van der Waals surface area contributed by atoms with E-state index in [0.717, 1.165) is 0 Å². The van der Waals surface area contributed by atoms with E-state index >= 15 is 0 Å². The molecule has 0 aromatic carbocycles. The van der Waals surface area contributed by atoms with Crippen molar-refractivity contribution in [2.75, 3.05) is 11.9 Å². The van der Waals surface area contributed by atoms with Crippen molar-refractivity contribution in [1.29, 1.82) is 0 Å². The summed E-state index contributed by atoms with van der Waals surface area (Å²) in [6, 6.07) is 3.53. The van der Waals surface area contributed by atoms with E-state index in [0.29, 0.717) is 23.8 Å². The Hall–Kier alpha value is -0.800. The predicted molar refractivity (Wildman–Crippen MR) is 58.7 cm³/mol. The lowest BCUT2D eigenvalue weighted by molar-refractivity contribution is 0.0696. The minimum atomic E-state index is -0.721. The first kappa shape index (κ1) is 11.3. The molecule has 3 nitrogen and oxygen atoms in total. The molecule has 1 aromatic rings. The Balaban J connectivity index is 2.58. The number of hydrogen-bond donors (Lipinski definition) is 2. The summed E-state index contributed by atoms with van der Waals surface area (Å²) in [7, 11) is 0. The van der Waals surface area contributed by atoms with Gasteiger partial charge < -0.3 is 10.4 Å². The zero-order valence-corrected chi connectivity index (χ0v) is 9.17. The van der Waals surface area contributed by atoms with Gasteiger partial charge in [0.05, 0.1) is 10.6 Å². The molecule has 4 heteroatoms. The minimum absolute atomic E-state index is 0.445. The van der Waals surface area contributed by atoms with E-state index in [2.05, 4.69) is 10.3 Å². The molecular weight excluding hydrogens is 200 g/mol. The second kappa shape index (κ2) is 4.62. The van der Waals surface area contributed by atoms with Gasteiger partial charge in [-0.2, -0.15) is 0 Å². The maximum atomic E-state index is 9.74. The fourth-order valence-corrected chi connectivity index (χ4v) is 1.10. The van der Waals surface area contributed by atoms with Crippen LogP contribution in [0.5, 0.6) is 0 Å². The topological polar surface area (TPSA) is 45.1 Å². The van der Waals surface area contributed by atoms with Crippen LogP contribution in [0.2, 0.25) is 5.02 Å². The summed E-state index contributed by atoms with van der Waals surface area (Å²) in [6.07, 6.45) is 2.35. The normalized spacial score (nSPS) is 14.9. The van der Waals surface area contributed by atoms with Crippen molar-refractivity contribution in [2.45, 2.75) is 25.9 Å². The Morgan fingerprint density at radius 1 is 1.64 bits per heavy atom. The summed E-state index contributed by atoms with van der Waals surface area (Å²) in [4.78, 5) is 4.06. The Morgan fingerprint density at radius 2 is 2.36 bits per heavy atom. The summed E-state index contributed by atoms with van der Waals surface area (Å²) in [5.74, 6) is 0.614. The van der Waals surface area contributed by atoms with Gasteiger partial charge in [-0.25, -0.2) is 4.98 Å². The van der Waals surface area contributed by atoms with Crippen LogP contribution in [0, 0.1) is 0 Å². The largest absolute Gasteiger partial charge is 0.388 e. The van der Waals surface area contributed by atoms with Gasteiger partial charge in [-0.3, -0.25) is 0 Å². The van der Waals surface area contributed by atoms with E-state index in [1.54, 1.807) is 25.3 Å². The predicted octanol–water partition coefficient (Wildman–Crippen LogP) is 2.31. The number of rotatable bonds is 4. The van der Waals surface area contributed by atoms with Gasteiger partial charge in [0.1, 0.15) is 5.82 Å². The van der Waals surface area contributed by atoms with Crippen molar-refractivity contribution >= 4 is 17.4 Å². The maximum Gasteiger partial charge on any atom is 0.144 e. The molecule has 0 spiro atoms. The highest BCUT2D eigenvalue weighted by Gasteiger charge is 2.17. The molecule has 2 N–H and O–H groups in total. The summed E-state index contributed by atoms with van der Waals surface area (Å²) in [5, 5.41) is 13.3. The lowest BCUT2D eigenvalue weighted by Crippen LogP contribution is -2.32. The molecule has 0 saturated heterocycles. The Morgan fingerprint density at radius 3 is 2.93 bits per heavy atom. The lowest BCUT2D eigenvalue weighted by Gasteiger charge is -2.22. The number of hydrogen-bond acceptors (Lipinski definition) is 3. The average molecular weight is 215 g/mol. The van der Waals surface area contributed by atoms with Crippen molar-refractivity contribution in [1.82, 2.24) is 4.98 Å². The van der Waals surface area contributed by atoms with E-state index in [1.807, 2.05) is 6.92 Å². The number of halogens is 1. The Bertz CT molecular complexity index is 302. The van der Waals surface area contributed by atoms with Gasteiger partial charge in [0, 0.05) is 12.7 Å². The summed E-state index contributed by atoms with van der Waals surface area (Å²) in [5.41, 5.74) is -0.721. The molecule has 0 saturated carbocycles. The van der Waals surface area contributed by atoms with Crippen LogP contribution in [0.1, 0.15) is 20.3 Å². The van der Waals surface area contributed by atoms with Crippen LogP contribution in [-0.4, -0.2) is 22.2 Å². The highest BCUT2D eigenvalue weighted by atomic mass is 35.5. The van der Waals surface area contributed by atoms with E-state index in [-0.39, 0.29) is 0 Å². The van der Waals surface area contributed by atoms with Gasteiger partial charge in [-0.15, -0.1) is 0 Å². The molecule has 1 aromatic heterocycles. The van der Waals surface area contributed by atoms with Crippen LogP contribution in [0.15, 0.2) is 18.3 Å². The number of nitrogens with zero attached hydrogens (tertiary/aromatic N) is 1. The molecule has 78 valence electrons. The molecule has 1 rings (SSSR count). The number of aromatic nitrogens is 1. The van der Waals surface area contributed by atoms with E-state index in [9.17, 15) is 5.11 Å². The van der Waals surface area contributed by atoms with Gasteiger partial charge in [0.2, 0.25) is 0 Å². The fraction of sp³-hybridized carbons (Fsp3) is 0.500. The number of anilines is 1. The number of nitrogens with one attached hydrogen (secondary N) is 1. The van der Waals surface area contributed by atoms with Crippen LogP contribution in [-0.2, 0) is 0 Å². The molecule has 0 bridgehead atoms. The fourth-order valence-electron chi connectivity index (χ4n) is 0.915. The van der Waals surface area contributed by atoms with E-state index in [1.165, 1.54) is 0 Å². The third-order valence-electron chi connectivity index (χ3n) is 2.16. The second-order valence-corrected chi connectivity index (χ2v) is 3.95. The number of aliphatic hydroxyl groups is 1. The zero-order valence-electron chi connectivity index (χ0n) is 8.42. The van der Waals surface area contributed by atoms with Gasteiger partial charge in [-0.1, -0.05) is 18.5 Å². The van der Waals surface area contributed by atoms with Crippen LogP contribution >= 0.6 is 11.6 Å². The molecule has 14 heavy (non-hydrogen) atoms. The number of pyridine rings is 1. The van der Waals surface area contributed by atoms with Crippen molar-refractivity contribution in [3.05, 3.63) is 23.4 Å². The van der Waals surface area contributed by atoms with Gasteiger partial charge in [-0.05, 0) is 25.5 Å². The molecule has 1 heterocycles. The van der Waals surface area contributed by atoms with Crippen LogP contribution in [0.4, 0.5) is 5.82 Å². The molecule has 0 aliphatic rings. The third-order valence-corrected chi connectivity index (χ3v) is 2.46. The average Bonchev–Trinajstić information content (AvgIpc) is 2.17. The second-order valence-electron chi connectivity index (χ2n) is 3.54. The Kier molecular flexibility index (Phi) is 3.72. The van der Waals surface area contributed by atoms with Gasteiger partial charge in [0.15, 0.2) is 0 Å². The monoisotopic (exact) mass is 214 g/mol. The zero-order chi connectivity index (χ0) is 10.6. The van der Waals surface area contributed by atoms with Crippen molar-refractivity contribution in [3.63, 3.8) is 0 Å². The summed E-state index contributed by atoms with van der Waals surface area (Å²) in [6.45, 7) is 4.15. The van der Waals surface area contributed by atoms with Crippen LogP contribution in [0.25, 0.3) is 0 Å². The standard InChI is InChI=1S/C10H15ClN2O/c1-3-10(2,14)7-13-9-8(11)5-4-6-12-9/h4-6,14H,3,7H2,1-2H3,(H,12,13). The van der Waals surface area contributed by atoms with Crippen LogP contribution in [0.3, 0.4) is 0 Å². The molecule has 1 unspecified atom stereocenters. The lowest BCUT2D eigenvalue weighted by atomic mass is 10.0. The highest BCUT2D eigenvalue weighted by Crippen LogP contribution is 2.18. The molecule has 0 aliphatic heterocycles. The Labute approximate surface area is 89.1 Å². The highest BCUT2D eigenvalue weighted by molar-refractivity contribution is 6.32. The third kappa shape index (κ3) is 3.16. The molecular formula is C10H15ClN2O. The molecule has 1 atom stereocenters. The minimum Gasteiger partial charge on any atom is -0.388 e. The first-order valence-corrected chi connectivity index (χ1v) is 5.00. The van der Waals surface area contributed by atoms with Crippen molar-refractivity contribution in [3.8, 4) is 0 Å². The van der Waals surface area contributed by atoms with E-state index < -0.39 is 5.60 Å². The molecule has 0 amide bonds. The maximum absolute atomic E-state index is 9.74. The SMILES string of the molecule is CCC(C)(O)CNc1ncccc1Cl. The summed E-state index contributed by atoms with van der Waals surface area (Å²) < 4.78 is 0. The quantitative estimate of drug-likeness (QED) is 0.809. The van der Waals surface area contributed by atoms with Crippen molar-refractivity contribution in [2.24, 2.45) is 0 Å². The van der Waals surface area contributed by atoms with Gasteiger partial charge >= 0.3 is 0 Å². The molecule has 0 fully saturated rings. The van der Waals surface area contributed by atoms with Gasteiger partial charge in [0.25, 0.3) is 0 Å². The van der Waals surface area contributed by atoms with E-state index in [4.69, 9.17) is 11.6 Å². The molecule has 0 aliphatic carbocycles. The first-order valence-electron chi connectivity index (χ1n) is 4.62. The smallest absolute Gasteiger partial charge is 0.144 e. The first-order chi connectivity index (χ1) is 6.55. The van der Waals surface area contributed by atoms with Crippen LogP contribution < -0.4 is 5.32 Å². The summed E-state index contributed by atoms with van der Waals surface area (Å²) >= 11 is 5.89. The molecule has 0 radical (unpaired) electrons.